The topological polar surface area (TPSA) is 64.2 Å². The van der Waals surface area contributed by atoms with E-state index in [1.165, 1.54) is 12.1 Å². The number of nitrogens with zero attached hydrogens (tertiary/aromatic N) is 4. The van der Waals surface area contributed by atoms with Crippen LogP contribution in [0.1, 0.15) is 12.5 Å². The lowest BCUT2D eigenvalue weighted by molar-refractivity contribution is -0.385. The van der Waals surface area contributed by atoms with Gasteiger partial charge in [-0.15, -0.1) is 0 Å². The molecule has 0 spiro atoms. The fourth-order valence-electron chi connectivity index (χ4n) is 2.01. The SMILES string of the molecule is CCN(Cc1cnn(C)c1)c1ccc([N+](=O)[O-])cc1F. The molecule has 0 unspecified atom stereocenters. The van der Waals surface area contributed by atoms with Crippen molar-refractivity contribution in [3.05, 3.63) is 52.1 Å². The highest BCUT2D eigenvalue weighted by molar-refractivity contribution is 5.52. The fourth-order valence-corrected chi connectivity index (χ4v) is 2.01. The molecule has 1 aromatic heterocycles. The lowest BCUT2D eigenvalue weighted by atomic mass is 10.2. The molecule has 1 aromatic carbocycles. The summed E-state index contributed by atoms with van der Waals surface area (Å²) in [5, 5.41) is 14.7. The first-order chi connectivity index (χ1) is 9.51. The zero-order chi connectivity index (χ0) is 14.7. The van der Waals surface area contributed by atoms with Gasteiger partial charge in [0.15, 0.2) is 5.82 Å². The zero-order valence-corrected chi connectivity index (χ0v) is 11.3. The van der Waals surface area contributed by atoms with Crippen molar-refractivity contribution < 1.29 is 9.31 Å². The second-order valence-electron chi connectivity index (χ2n) is 4.43. The van der Waals surface area contributed by atoms with Crippen LogP contribution in [0, 0.1) is 15.9 Å². The van der Waals surface area contributed by atoms with Gasteiger partial charge >= 0.3 is 0 Å². The molecule has 0 aliphatic carbocycles. The van der Waals surface area contributed by atoms with Crippen LogP contribution in [0.2, 0.25) is 0 Å². The van der Waals surface area contributed by atoms with Crippen molar-refractivity contribution in [1.29, 1.82) is 0 Å². The molecule has 2 rings (SSSR count). The molecule has 0 aliphatic heterocycles. The molecular formula is C13H15FN4O2. The summed E-state index contributed by atoms with van der Waals surface area (Å²) in [7, 11) is 1.81. The lowest BCUT2D eigenvalue weighted by Gasteiger charge is -2.22. The number of hydrogen-bond donors (Lipinski definition) is 0. The van der Waals surface area contributed by atoms with Crippen molar-refractivity contribution in [2.75, 3.05) is 11.4 Å². The molecule has 0 saturated carbocycles. The third-order valence-electron chi connectivity index (χ3n) is 3.00. The fraction of sp³-hybridized carbons (Fsp3) is 0.308. The van der Waals surface area contributed by atoms with Crippen LogP contribution in [-0.2, 0) is 13.6 Å². The Bertz CT molecular complexity index is 627. The molecule has 1 heterocycles. The van der Waals surface area contributed by atoms with Gasteiger partial charge in [0, 0.05) is 38.0 Å². The molecule has 0 atom stereocenters. The number of rotatable bonds is 5. The van der Waals surface area contributed by atoms with E-state index in [1.807, 2.05) is 20.2 Å². The Hall–Kier alpha value is -2.44. The summed E-state index contributed by atoms with van der Waals surface area (Å²) in [4.78, 5) is 11.8. The van der Waals surface area contributed by atoms with E-state index in [9.17, 15) is 14.5 Å². The number of aromatic nitrogens is 2. The van der Waals surface area contributed by atoms with Crippen molar-refractivity contribution in [3.63, 3.8) is 0 Å². The molecule has 2 aromatic rings. The highest BCUT2D eigenvalue weighted by atomic mass is 19.1. The molecule has 20 heavy (non-hydrogen) atoms. The Morgan fingerprint density at radius 1 is 1.50 bits per heavy atom. The van der Waals surface area contributed by atoms with Gasteiger partial charge in [0.1, 0.15) is 0 Å². The minimum atomic E-state index is -0.607. The van der Waals surface area contributed by atoms with Gasteiger partial charge in [-0.05, 0) is 13.0 Å². The molecule has 0 amide bonds. The Labute approximate surface area is 115 Å². The summed E-state index contributed by atoms with van der Waals surface area (Å²) in [6.07, 6.45) is 3.57. The number of non-ortho nitro benzene ring substituents is 1. The summed E-state index contributed by atoms with van der Waals surface area (Å²) in [5.74, 6) is -0.593. The number of nitro groups is 1. The molecule has 0 fully saturated rings. The van der Waals surface area contributed by atoms with Crippen molar-refractivity contribution >= 4 is 11.4 Å². The van der Waals surface area contributed by atoms with E-state index in [0.717, 1.165) is 11.6 Å². The number of aryl methyl sites for hydroxylation is 1. The van der Waals surface area contributed by atoms with Gasteiger partial charge in [0.25, 0.3) is 5.69 Å². The number of anilines is 1. The zero-order valence-electron chi connectivity index (χ0n) is 11.3. The predicted molar refractivity (Wildman–Crippen MR) is 73.0 cm³/mol. The lowest BCUT2D eigenvalue weighted by Crippen LogP contribution is -2.22. The Kier molecular flexibility index (Phi) is 3.97. The van der Waals surface area contributed by atoms with Gasteiger partial charge in [0.2, 0.25) is 0 Å². The quantitative estimate of drug-likeness (QED) is 0.622. The minimum Gasteiger partial charge on any atom is -0.365 e. The van der Waals surface area contributed by atoms with E-state index >= 15 is 0 Å². The minimum absolute atomic E-state index is 0.247. The van der Waals surface area contributed by atoms with Crippen LogP contribution in [0.25, 0.3) is 0 Å². The predicted octanol–water partition coefficient (Wildman–Crippen LogP) is 2.49. The van der Waals surface area contributed by atoms with Gasteiger partial charge in [-0.3, -0.25) is 14.8 Å². The third-order valence-corrected chi connectivity index (χ3v) is 3.00. The van der Waals surface area contributed by atoms with E-state index in [4.69, 9.17) is 0 Å². The summed E-state index contributed by atoms with van der Waals surface area (Å²) in [5.41, 5.74) is 1.05. The normalized spacial score (nSPS) is 10.6. The monoisotopic (exact) mass is 278 g/mol. The van der Waals surface area contributed by atoms with Crippen LogP contribution in [-0.4, -0.2) is 21.2 Å². The van der Waals surface area contributed by atoms with Gasteiger partial charge in [-0.2, -0.15) is 5.10 Å². The number of benzene rings is 1. The summed E-state index contributed by atoms with van der Waals surface area (Å²) in [6, 6.07) is 3.69. The molecule has 0 bridgehead atoms. The second kappa shape index (κ2) is 5.68. The van der Waals surface area contributed by atoms with Crippen LogP contribution in [0.3, 0.4) is 0 Å². The van der Waals surface area contributed by atoms with Gasteiger partial charge in [0.05, 0.1) is 22.9 Å². The number of halogens is 1. The second-order valence-corrected chi connectivity index (χ2v) is 4.43. The largest absolute Gasteiger partial charge is 0.365 e. The summed E-state index contributed by atoms with van der Waals surface area (Å²) < 4.78 is 15.7. The van der Waals surface area contributed by atoms with Crippen LogP contribution >= 0.6 is 0 Å². The summed E-state index contributed by atoms with van der Waals surface area (Å²) >= 11 is 0. The number of nitro benzene ring substituents is 1. The van der Waals surface area contributed by atoms with E-state index in [-0.39, 0.29) is 5.69 Å². The molecule has 7 heteroatoms. The molecule has 0 saturated heterocycles. The van der Waals surface area contributed by atoms with Gasteiger partial charge in [-0.25, -0.2) is 4.39 Å². The molecule has 6 nitrogen and oxygen atoms in total. The third kappa shape index (κ3) is 2.93. The van der Waals surface area contributed by atoms with E-state index in [2.05, 4.69) is 5.10 Å². The van der Waals surface area contributed by atoms with E-state index < -0.39 is 10.7 Å². The van der Waals surface area contributed by atoms with E-state index in [1.54, 1.807) is 15.8 Å². The highest BCUT2D eigenvalue weighted by Crippen LogP contribution is 2.25. The first-order valence-corrected chi connectivity index (χ1v) is 6.17. The molecule has 0 radical (unpaired) electrons. The van der Waals surface area contributed by atoms with Gasteiger partial charge in [-0.1, -0.05) is 0 Å². The van der Waals surface area contributed by atoms with Crippen molar-refractivity contribution in [2.24, 2.45) is 7.05 Å². The van der Waals surface area contributed by atoms with Crippen LogP contribution in [0.5, 0.6) is 0 Å². The van der Waals surface area contributed by atoms with Crippen molar-refractivity contribution in [1.82, 2.24) is 9.78 Å². The smallest absolute Gasteiger partial charge is 0.272 e. The van der Waals surface area contributed by atoms with Crippen LogP contribution in [0.4, 0.5) is 15.8 Å². The maximum absolute atomic E-state index is 14.0. The molecule has 106 valence electrons. The highest BCUT2D eigenvalue weighted by Gasteiger charge is 2.15. The maximum Gasteiger partial charge on any atom is 0.272 e. The van der Waals surface area contributed by atoms with Crippen LogP contribution in [0.15, 0.2) is 30.6 Å². The van der Waals surface area contributed by atoms with Gasteiger partial charge < -0.3 is 4.90 Å². The molecule has 0 N–H and O–H groups in total. The number of hydrogen-bond acceptors (Lipinski definition) is 4. The average Bonchev–Trinajstić information content (AvgIpc) is 2.81. The average molecular weight is 278 g/mol. The van der Waals surface area contributed by atoms with E-state index in [0.29, 0.717) is 18.8 Å². The Morgan fingerprint density at radius 2 is 2.25 bits per heavy atom. The standard InChI is InChI=1S/C13H15FN4O2/c1-3-17(9-10-7-15-16(2)8-10)13-5-4-11(18(19)20)6-12(13)14/h4-8H,3,9H2,1-2H3. The Balaban J connectivity index is 2.25. The van der Waals surface area contributed by atoms with Crippen molar-refractivity contribution in [3.8, 4) is 0 Å². The molecular weight excluding hydrogens is 263 g/mol. The first-order valence-electron chi connectivity index (χ1n) is 6.17. The first kappa shape index (κ1) is 14.0. The molecule has 0 aliphatic rings. The van der Waals surface area contributed by atoms with Crippen molar-refractivity contribution in [2.45, 2.75) is 13.5 Å². The maximum atomic E-state index is 14.0. The van der Waals surface area contributed by atoms with Crippen LogP contribution < -0.4 is 4.90 Å². The Morgan fingerprint density at radius 3 is 2.75 bits per heavy atom. The summed E-state index contributed by atoms with van der Waals surface area (Å²) in [6.45, 7) is 2.99.